The highest BCUT2D eigenvalue weighted by Gasteiger charge is 2.39. The summed E-state index contributed by atoms with van der Waals surface area (Å²) >= 11 is 1.42. The number of carbonyl (C=O) groups is 3. The van der Waals surface area contributed by atoms with Gasteiger partial charge in [0.15, 0.2) is 11.6 Å². The molecular weight excluding hydrogens is 496 g/mol. The summed E-state index contributed by atoms with van der Waals surface area (Å²) in [6, 6.07) is 20.0. The number of ether oxygens (including phenoxy) is 2. The van der Waals surface area contributed by atoms with Crippen LogP contribution in [0.2, 0.25) is 0 Å². The first kappa shape index (κ1) is 25.1. The number of hydrogen-bond donors (Lipinski definition) is 0. The Balaban J connectivity index is 1.31. The molecule has 0 N–H and O–H groups in total. The van der Waals surface area contributed by atoms with Crippen molar-refractivity contribution in [2.24, 2.45) is 11.8 Å². The fraction of sp³-hybridized carbons (Fsp3) is 0.344. The fourth-order valence-corrected chi connectivity index (χ4v) is 7.38. The van der Waals surface area contributed by atoms with Crippen molar-refractivity contribution in [1.82, 2.24) is 0 Å². The second-order valence-electron chi connectivity index (χ2n) is 10.5. The van der Waals surface area contributed by atoms with Crippen molar-refractivity contribution in [3.63, 3.8) is 0 Å². The monoisotopic (exact) mass is 526 g/mol. The van der Waals surface area contributed by atoms with Crippen LogP contribution in [0.5, 0.6) is 0 Å². The second-order valence-corrected chi connectivity index (χ2v) is 11.6. The van der Waals surface area contributed by atoms with Gasteiger partial charge in [-0.3, -0.25) is 9.59 Å². The Bertz CT molecular complexity index is 1400. The number of esters is 1. The molecule has 0 amide bonds. The minimum Gasteiger partial charge on any atom is -0.459 e. The van der Waals surface area contributed by atoms with E-state index in [1.807, 2.05) is 30.3 Å². The maximum Gasteiger partial charge on any atom is 0.339 e. The van der Waals surface area contributed by atoms with E-state index in [1.165, 1.54) is 11.8 Å². The van der Waals surface area contributed by atoms with Crippen LogP contribution >= 0.6 is 11.8 Å². The summed E-state index contributed by atoms with van der Waals surface area (Å²) in [5, 5.41) is 0. The number of methoxy groups -OCH3 is 1. The second kappa shape index (κ2) is 10.5. The van der Waals surface area contributed by atoms with Crippen LogP contribution in [0.15, 0.2) is 76.5 Å². The van der Waals surface area contributed by atoms with E-state index in [4.69, 9.17) is 9.47 Å². The molecule has 194 valence electrons. The van der Waals surface area contributed by atoms with E-state index in [-0.39, 0.29) is 28.8 Å². The van der Waals surface area contributed by atoms with E-state index in [0.29, 0.717) is 39.5 Å². The third-order valence-corrected chi connectivity index (χ3v) is 9.42. The van der Waals surface area contributed by atoms with Gasteiger partial charge in [-0.1, -0.05) is 54.2 Å². The first-order valence-electron chi connectivity index (χ1n) is 13.4. The summed E-state index contributed by atoms with van der Waals surface area (Å²) < 4.78 is 11.6. The topological polar surface area (TPSA) is 69.7 Å². The molecule has 3 aliphatic rings. The summed E-state index contributed by atoms with van der Waals surface area (Å²) in [5.74, 6) is 0.0769. The number of benzene rings is 3. The SMILES string of the molecule is COC1CCC2CC(OC(=O)c3ccc(Sc4ccccc4)c4c3C(=O)c3ccccc3C4=O)CCC2C1. The lowest BCUT2D eigenvalue weighted by Gasteiger charge is -2.41. The molecule has 6 heteroatoms. The molecule has 0 aliphatic heterocycles. The Hall–Kier alpha value is -3.22. The van der Waals surface area contributed by atoms with Crippen molar-refractivity contribution >= 4 is 29.3 Å². The normalized spacial score (nSPS) is 24.2. The number of hydrogen-bond acceptors (Lipinski definition) is 6. The van der Waals surface area contributed by atoms with Gasteiger partial charge < -0.3 is 9.47 Å². The zero-order valence-electron chi connectivity index (χ0n) is 21.4. The van der Waals surface area contributed by atoms with Crippen LogP contribution in [0, 0.1) is 11.8 Å². The molecule has 4 atom stereocenters. The molecule has 0 radical (unpaired) electrons. The summed E-state index contributed by atoms with van der Waals surface area (Å²) in [4.78, 5) is 42.6. The number of rotatable bonds is 5. The first-order chi connectivity index (χ1) is 18.5. The number of ketones is 2. The largest absolute Gasteiger partial charge is 0.459 e. The van der Waals surface area contributed by atoms with Gasteiger partial charge in [0, 0.05) is 39.2 Å². The van der Waals surface area contributed by atoms with Crippen LogP contribution < -0.4 is 0 Å². The molecule has 0 heterocycles. The molecular formula is C32H30O5S. The van der Waals surface area contributed by atoms with Crippen LogP contribution in [0.4, 0.5) is 0 Å². The molecule has 0 aromatic heterocycles. The summed E-state index contributed by atoms with van der Waals surface area (Å²) in [7, 11) is 1.78. The zero-order valence-corrected chi connectivity index (χ0v) is 22.2. The number of carbonyl (C=O) groups excluding carboxylic acids is 3. The van der Waals surface area contributed by atoms with E-state index in [9.17, 15) is 14.4 Å². The minimum atomic E-state index is -0.521. The molecule has 3 aromatic carbocycles. The highest BCUT2D eigenvalue weighted by molar-refractivity contribution is 7.99. The Morgan fingerprint density at radius 2 is 1.34 bits per heavy atom. The molecule has 0 spiro atoms. The van der Waals surface area contributed by atoms with Crippen LogP contribution in [0.25, 0.3) is 0 Å². The van der Waals surface area contributed by atoms with E-state index in [2.05, 4.69) is 0 Å². The highest BCUT2D eigenvalue weighted by Crippen LogP contribution is 2.43. The predicted molar refractivity (Wildman–Crippen MR) is 145 cm³/mol. The molecule has 5 nitrogen and oxygen atoms in total. The Morgan fingerprint density at radius 1 is 0.737 bits per heavy atom. The number of fused-ring (bicyclic) bond motifs is 3. The summed E-state index contributed by atoms with van der Waals surface area (Å²) in [6.07, 6.45) is 6.02. The minimum absolute atomic E-state index is 0.161. The third kappa shape index (κ3) is 4.61. The van der Waals surface area contributed by atoms with Crippen LogP contribution in [-0.4, -0.2) is 36.9 Å². The van der Waals surface area contributed by atoms with Gasteiger partial charge in [0.25, 0.3) is 0 Å². The lowest BCUT2D eigenvalue weighted by atomic mass is 9.69. The van der Waals surface area contributed by atoms with Crippen LogP contribution in [0.3, 0.4) is 0 Å². The van der Waals surface area contributed by atoms with E-state index >= 15 is 0 Å². The molecule has 2 fully saturated rings. The molecule has 38 heavy (non-hydrogen) atoms. The van der Waals surface area contributed by atoms with E-state index in [1.54, 1.807) is 43.5 Å². The standard InChI is InChI=1S/C32H30O5S/c1-36-21-13-11-20-18-22(14-12-19(20)17-21)37-32(35)26-15-16-27(38-23-7-3-2-4-8-23)29-28(26)30(33)24-9-5-6-10-25(24)31(29)34/h2-10,15-16,19-22H,11-14,17-18H2,1H3. The van der Waals surface area contributed by atoms with E-state index in [0.717, 1.165) is 43.4 Å². The fourth-order valence-electron chi connectivity index (χ4n) is 6.40. The molecule has 6 rings (SSSR count). The van der Waals surface area contributed by atoms with Crippen molar-refractivity contribution in [2.45, 2.75) is 60.5 Å². The smallest absolute Gasteiger partial charge is 0.339 e. The molecule has 0 bridgehead atoms. The Morgan fingerprint density at radius 3 is 2.03 bits per heavy atom. The third-order valence-electron chi connectivity index (χ3n) is 8.35. The van der Waals surface area contributed by atoms with Crippen molar-refractivity contribution in [2.75, 3.05) is 7.11 Å². The van der Waals surface area contributed by atoms with Crippen LogP contribution in [-0.2, 0) is 9.47 Å². The molecule has 3 aliphatic carbocycles. The van der Waals surface area contributed by atoms with Gasteiger partial charge in [-0.15, -0.1) is 0 Å². The summed E-state index contributed by atoms with van der Waals surface area (Å²) in [5.41, 5.74) is 1.33. The predicted octanol–water partition coefficient (Wildman–Crippen LogP) is 6.75. The lowest BCUT2D eigenvalue weighted by molar-refractivity contribution is -0.0275. The molecule has 4 unspecified atom stereocenters. The molecule has 0 saturated heterocycles. The van der Waals surface area contributed by atoms with Gasteiger partial charge in [0.2, 0.25) is 0 Å². The molecule has 3 aromatic rings. The zero-order chi connectivity index (χ0) is 26.2. The molecule has 2 saturated carbocycles. The van der Waals surface area contributed by atoms with Gasteiger partial charge >= 0.3 is 5.97 Å². The maximum atomic E-state index is 13.7. The average molecular weight is 527 g/mol. The van der Waals surface area contributed by atoms with Crippen molar-refractivity contribution in [3.05, 3.63) is 94.5 Å². The van der Waals surface area contributed by atoms with Crippen molar-refractivity contribution < 1.29 is 23.9 Å². The van der Waals surface area contributed by atoms with Crippen molar-refractivity contribution in [1.29, 1.82) is 0 Å². The van der Waals surface area contributed by atoms with Gasteiger partial charge in [-0.2, -0.15) is 0 Å². The van der Waals surface area contributed by atoms with Gasteiger partial charge in [-0.25, -0.2) is 4.79 Å². The summed E-state index contributed by atoms with van der Waals surface area (Å²) in [6.45, 7) is 0. The Labute approximate surface area is 226 Å². The average Bonchev–Trinajstić information content (AvgIpc) is 2.96. The Kier molecular flexibility index (Phi) is 6.93. The maximum absolute atomic E-state index is 13.7. The first-order valence-corrected chi connectivity index (χ1v) is 14.2. The van der Waals surface area contributed by atoms with Gasteiger partial charge in [0.1, 0.15) is 6.10 Å². The lowest BCUT2D eigenvalue weighted by Crippen LogP contribution is -2.37. The highest BCUT2D eigenvalue weighted by atomic mass is 32.2. The van der Waals surface area contributed by atoms with Crippen molar-refractivity contribution in [3.8, 4) is 0 Å². The van der Waals surface area contributed by atoms with Gasteiger partial charge in [-0.05, 0) is 74.6 Å². The van der Waals surface area contributed by atoms with Crippen LogP contribution in [0.1, 0.15) is 80.7 Å². The van der Waals surface area contributed by atoms with Gasteiger partial charge in [0.05, 0.1) is 11.7 Å². The van der Waals surface area contributed by atoms with E-state index < -0.39 is 5.97 Å². The quantitative estimate of drug-likeness (QED) is 0.268.